The molecule has 2 aliphatic heterocycles. The standard InChI is InChI=1S/C44H28N4.C5H5N.Co/c1-5-13-29(14-6-1)41-33-21-23-35(45-33)42(30-15-7-2-8-16-30)37-25-27-39(47-37)44(32-19-11-4-12-20-32)40-28-26-38(48-40)43(31-17-9-3-10-18-31)36-24-22-34(41)46-36;1-2-4-6-5-3-1;/h1-28H;1-5H;/q-2;;+2. The Morgan fingerprint density at radius 1 is 0.291 bits per heavy atom. The van der Waals surface area contributed by atoms with E-state index in [1.807, 2.05) is 42.5 Å². The molecule has 0 atom stereocenters. The summed E-state index contributed by atoms with van der Waals surface area (Å²) >= 11 is 0. The summed E-state index contributed by atoms with van der Waals surface area (Å²) in [5.74, 6) is 0. The molecule has 2 aliphatic rings. The molecule has 0 N–H and O–H groups in total. The molecule has 0 fully saturated rings. The monoisotopic (exact) mass is 750 g/mol. The molecule has 0 saturated heterocycles. The molecule has 263 valence electrons. The molecule has 6 heteroatoms. The zero-order chi connectivity index (χ0) is 36.1. The van der Waals surface area contributed by atoms with Crippen LogP contribution in [0.5, 0.6) is 0 Å². The van der Waals surface area contributed by atoms with Crippen LogP contribution in [0, 0.1) is 0 Å². The molecule has 0 aliphatic carbocycles. The molecule has 5 nitrogen and oxygen atoms in total. The topological polar surface area (TPSA) is 66.9 Å². The van der Waals surface area contributed by atoms with Gasteiger partial charge in [0.25, 0.3) is 0 Å². The number of hydrogen-bond acceptors (Lipinski definition) is 3. The van der Waals surface area contributed by atoms with Gasteiger partial charge < -0.3 is 9.97 Å². The molecule has 8 aromatic rings. The van der Waals surface area contributed by atoms with E-state index in [1.54, 1.807) is 12.4 Å². The maximum absolute atomic E-state index is 5.31. The van der Waals surface area contributed by atoms with Crippen molar-refractivity contribution < 1.29 is 16.8 Å². The molecule has 0 unspecified atom stereocenters. The Labute approximate surface area is 330 Å². The Morgan fingerprint density at radius 2 is 0.545 bits per heavy atom. The molecule has 8 bridgehead atoms. The summed E-state index contributed by atoms with van der Waals surface area (Å²) in [6, 6.07) is 55.7. The second-order valence-electron chi connectivity index (χ2n) is 12.9. The maximum atomic E-state index is 5.31. The summed E-state index contributed by atoms with van der Waals surface area (Å²) in [6.45, 7) is 0. The first-order valence-electron chi connectivity index (χ1n) is 17.9. The first kappa shape index (κ1) is 35.2. The van der Waals surface area contributed by atoms with Crippen molar-refractivity contribution in [3.05, 3.63) is 199 Å². The number of benzene rings is 4. The predicted molar refractivity (Wildman–Crippen MR) is 223 cm³/mol. The molecular weight excluding hydrogens is 718 g/mol. The SMILES string of the molecule is C1=Cc2nc1c(-c1ccccc1)c1ccc([n-]1)c(-c1ccccc1)c1nc(c(-c3ccccc3)c3ccc([n-]3)c2-c2ccccc2)C=C1.[Co+2].c1ccncc1. The Kier molecular flexibility index (Phi) is 10.2. The summed E-state index contributed by atoms with van der Waals surface area (Å²) in [7, 11) is 0. The van der Waals surface area contributed by atoms with E-state index in [4.69, 9.17) is 19.9 Å². The van der Waals surface area contributed by atoms with Crippen molar-refractivity contribution in [3.63, 3.8) is 0 Å². The molecule has 4 aromatic carbocycles. The van der Waals surface area contributed by atoms with Gasteiger partial charge in [0.2, 0.25) is 0 Å². The van der Waals surface area contributed by atoms with Crippen molar-refractivity contribution in [1.29, 1.82) is 0 Å². The van der Waals surface area contributed by atoms with Crippen LogP contribution < -0.4 is 9.97 Å². The summed E-state index contributed by atoms with van der Waals surface area (Å²) in [5.41, 5.74) is 15.0. The van der Waals surface area contributed by atoms with Crippen LogP contribution in [0.25, 0.3) is 90.9 Å². The minimum absolute atomic E-state index is 0. The van der Waals surface area contributed by atoms with E-state index in [9.17, 15) is 0 Å². The summed E-state index contributed by atoms with van der Waals surface area (Å²) < 4.78 is 0. The first-order valence-corrected chi connectivity index (χ1v) is 17.9. The van der Waals surface area contributed by atoms with E-state index < -0.39 is 0 Å². The number of rotatable bonds is 4. The number of hydrogen-bond donors (Lipinski definition) is 0. The van der Waals surface area contributed by atoms with Gasteiger partial charge in [-0.25, -0.2) is 9.97 Å². The molecule has 0 saturated carbocycles. The molecule has 1 radical (unpaired) electrons. The van der Waals surface area contributed by atoms with Gasteiger partial charge in [0, 0.05) is 12.4 Å². The summed E-state index contributed by atoms with van der Waals surface area (Å²) in [4.78, 5) is 25.0. The first-order chi connectivity index (χ1) is 26.8. The van der Waals surface area contributed by atoms with Crippen molar-refractivity contribution in [2.45, 2.75) is 0 Å². The number of nitrogens with zero attached hydrogens (tertiary/aromatic N) is 5. The molecule has 55 heavy (non-hydrogen) atoms. The van der Waals surface area contributed by atoms with Gasteiger partial charge in [-0.1, -0.05) is 152 Å². The summed E-state index contributed by atoms with van der Waals surface area (Å²) in [6.07, 6.45) is 11.9. The van der Waals surface area contributed by atoms with Crippen LogP contribution in [0.1, 0.15) is 22.8 Å². The second kappa shape index (κ2) is 16.0. The van der Waals surface area contributed by atoms with Gasteiger partial charge in [0.1, 0.15) is 0 Å². The third-order valence-electron chi connectivity index (χ3n) is 9.43. The van der Waals surface area contributed by atoms with E-state index in [1.165, 1.54) is 0 Å². The average molecular weight is 751 g/mol. The van der Waals surface area contributed by atoms with Crippen molar-refractivity contribution in [2.75, 3.05) is 0 Å². The third-order valence-corrected chi connectivity index (χ3v) is 9.43. The van der Waals surface area contributed by atoms with Crippen molar-refractivity contribution in [3.8, 4) is 44.5 Å². The van der Waals surface area contributed by atoms with E-state index in [2.05, 4.69) is 151 Å². The molecule has 10 rings (SSSR count). The van der Waals surface area contributed by atoms with Crippen molar-refractivity contribution in [2.24, 2.45) is 0 Å². The summed E-state index contributed by atoms with van der Waals surface area (Å²) in [5, 5.41) is 0. The van der Waals surface area contributed by atoms with Crippen molar-refractivity contribution in [1.82, 2.24) is 24.9 Å². The van der Waals surface area contributed by atoms with Crippen LogP contribution in [0.2, 0.25) is 0 Å². The molecule has 0 amide bonds. The smallest absolute Gasteiger partial charge is 0.657 e. The van der Waals surface area contributed by atoms with Gasteiger partial charge in [0.15, 0.2) is 0 Å². The van der Waals surface area contributed by atoms with Crippen LogP contribution >= 0.6 is 0 Å². The Morgan fingerprint density at radius 3 is 0.764 bits per heavy atom. The second-order valence-corrected chi connectivity index (χ2v) is 12.9. The number of fused-ring (bicyclic) bond motifs is 8. The minimum atomic E-state index is 0. The fourth-order valence-corrected chi connectivity index (χ4v) is 7.00. The average Bonchev–Trinajstić information content (AvgIpc) is 4.09. The predicted octanol–water partition coefficient (Wildman–Crippen LogP) is 11.7. The number of aromatic nitrogens is 5. The van der Waals surface area contributed by atoms with Crippen LogP contribution in [0.3, 0.4) is 0 Å². The molecule has 4 aromatic heterocycles. The molecule has 6 heterocycles. The Hall–Kier alpha value is -6.86. The number of pyridine rings is 1. The maximum Gasteiger partial charge on any atom is 2.00 e. The van der Waals surface area contributed by atoms with E-state index in [0.29, 0.717) is 0 Å². The zero-order valence-corrected chi connectivity index (χ0v) is 30.7. The van der Waals surface area contributed by atoms with E-state index >= 15 is 0 Å². The largest absolute Gasteiger partial charge is 2.00 e. The van der Waals surface area contributed by atoms with E-state index in [0.717, 1.165) is 89.4 Å². The van der Waals surface area contributed by atoms with Gasteiger partial charge in [-0.15, -0.1) is 22.1 Å². The van der Waals surface area contributed by atoms with Gasteiger partial charge in [-0.05, 0) is 80.9 Å². The quantitative estimate of drug-likeness (QED) is 0.179. The van der Waals surface area contributed by atoms with Gasteiger partial charge >= 0.3 is 16.8 Å². The normalized spacial score (nSPS) is 11.3. The van der Waals surface area contributed by atoms with Crippen LogP contribution in [0.15, 0.2) is 176 Å². The van der Waals surface area contributed by atoms with E-state index in [-0.39, 0.29) is 16.8 Å². The zero-order valence-electron chi connectivity index (χ0n) is 29.6. The van der Waals surface area contributed by atoms with Crippen LogP contribution in [-0.4, -0.2) is 15.0 Å². The Balaban J connectivity index is 0.000000560. The Bertz CT molecular complexity index is 2420. The van der Waals surface area contributed by atoms with Gasteiger partial charge in [-0.3, -0.25) is 4.98 Å². The molecule has 0 spiro atoms. The molecular formula is C49H33CoN5. The fraction of sp³-hybridized carbons (Fsp3) is 0. The van der Waals surface area contributed by atoms with Gasteiger partial charge in [0.05, 0.1) is 22.8 Å². The van der Waals surface area contributed by atoms with Crippen LogP contribution in [0.4, 0.5) is 0 Å². The van der Waals surface area contributed by atoms with Gasteiger partial charge in [-0.2, -0.15) is 0 Å². The van der Waals surface area contributed by atoms with Crippen LogP contribution in [-0.2, 0) is 16.8 Å². The van der Waals surface area contributed by atoms with Crippen molar-refractivity contribution >= 4 is 46.4 Å². The minimum Gasteiger partial charge on any atom is -0.657 e. The third kappa shape index (κ3) is 7.24. The fourth-order valence-electron chi connectivity index (χ4n) is 7.00.